The van der Waals surface area contributed by atoms with Crippen LogP contribution >= 0.6 is 0 Å². The first kappa shape index (κ1) is 23.3. The van der Waals surface area contributed by atoms with Crippen molar-refractivity contribution >= 4 is 11.9 Å². The minimum absolute atomic E-state index is 0.0509. The van der Waals surface area contributed by atoms with Crippen LogP contribution in [0.1, 0.15) is 45.1 Å². The summed E-state index contributed by atoms with van der Waals surface area (Å²) in [6, 6.07) is 8.90. The molecule has 1 saturated heterocycles. The van der Waals surface area contributed by atoms with Crippen LogP contribution in [0, 0.1) is 5.92 Å². The van der Waals surface area contributed by atoms with E-state index in [9.17, 15) is 24.9 Å². The number of rotatable bonds is 9. The van der Waals surface area contributed by atoms with E-state index < -0.39 is 42.6 Å². The number of aliphatic hydroxyl groups is 3. The van der Waals surface area contributed by atoms with E-state index in [0.717, 1.165) is 18.4 Å². The van der Waals surface area contributed by atoms with Gasteiger partial charge in [0.1, 0.15) is 24.9 Å². The van der Waals surface area contributed by atoms with Crippen LogP contribution < -0.4 is 0 Å². The predicted molar refractivity (Wildman–Crippen MR) is 102 cm³/mol. The molecule has 1 aromatic rings. The van der Waals surface area contributed by atoms with Crippen molar-refractivity contribution < 1.29 is 39.1 Å². The largest absolute Gasteiger partial charge is 0.459 e. The van der Waals surface area contributed by atoms with E-state index in [1.165, 1.54) is 0 Å². The molecule has 0 spiro atoms. The van der Waals surface area contributed by atoms with E-state index in [-0.39, 0.29) is 13.0 Å². The standard InChI is InChI=1S/C21H30O8/c1-3-7-13(2)10-11-15(22)28-21-18(25)16(23)17(24)19(29-21)20(26)27-12-14-8-5-4-6-9-14/h4-6,8-9,13,16-19,21,23-25H,3,7,10-12H2,1-2H3/t13?,16-,17-,18+,19-,21+/m0/s1. The van der Waals surface area contributed by atoms with Crippen LogP contribution in [0.3, 0.4) is 0 Å². The summed E-state index contributed by atoms with van der Waals surface area (Å²) >= 11 is 0. The van der Waals surface area contributed by atoms with E-state index in [4.69, 9.17) is 14.2 Å². The highest BCUT2D eigenvalue weighted by Crippen LogP contribution is 2.24. The number of benzene rings is 1. The first-order valence-corrected chi connectivity index (χ1v) is 9.93. The fourth-order valence-electron chi connectivity index (χ4n) is 3.14. The number of hydrogen-bond donors (Lipinski definition) is 3. The Kier molecular flexibility index (Phi) is 9.03. The molecular weight excluding hydrogens is 380 g/mol. The lowest BCUT2D eigenvalue weighted by molar-refractivity contribution is -0.287. The predicted octanol–water partition coefficient (Wildman–Crippen LogP) is 1.30. The highest BCUT2D eigenvalue weighted by molar-refractivity contribution is 5.76. The van der Waals surface area contributed by atoms with Crippen molar-refractivity contribution in [2.45, 2.75) is 76.8 Å². The maximum Gasteiger partial charge on any atom is 0.338 e. The average Bonchev–Trinajstić information content (AvgIpc) is 2.72. The topological polar surface area (TPSA) is 123 Å². The van der Waals surface area contributed by atoms with Gasteiger partial charge >= 0.3 is 11.9 Å². The number of aliphatic hydroxyl groups excluding tert-OH is 3. The van der Waals surface area contributed by atoms with Gasteiger partial charge < -0.3 is 29.5 Å². The summed E-state index contributed by atoms with van der Waals surface area (Å²) in [6.45, 7) is 4.04. The molecule has 29 heavy (non-hydrogen) atoms. The second kappa shape index (κ2) is 11.3. The monoisotopic (exact) mass is 410 g/mol. The Hall–Kier alpha value is -2.00. The van der Waals surface area contributed by atoms with Gasteiger partial charge in [-0.05, 0) is 17.9 Å². The van der Waals surface area contributed by atoms with Crippen molar-refractivity contribution in [3.63, 3.8) is 0 Å². The molecule has 0 aromatic heterocycles. The molecule has 0 bridgehead atoms. The molecule has 0 amide bonds. The minimum Gasteiger partial charge on any atom is -0.459 e. The maximum atomic E-state index is 12.3. The molecule has 0 radical (unpaired) electrons. The molecule has 3 N–H and O–H groups in total. The fraction of sp³-hybridized carbons (Fsp3) is 0.619. The summed E-state index contributed by atoms with van der Waals surface area (Å²) < 4.78 is 15.5. The smallest absolute Gasteiger partial charge is 0.338 e. The second-order valence-electron chi connectivity index (χ2n) is 7.41. The molecule has 1 unspecified atom stereocenters. The Labute approximate surface area is 170 Å². The first-order chi connectivity index (χ1) is 13.8. The molecule has 1 heterocycles. The Morgan fingerprint density at radius 3 is 2.41 bits per heavy atom. The van der Waals surface area contributed by atoms with Crippen LogP contribution in [0.15, 0.2) is 30.3 Å². The van der Waals surface area contributed by atoms with Crippen molar-refractivity contribution in [1.29, 1.82) is 0 Å². The van der Waals surface area contributed by atoms with E-state index in [2.05, 4.69) is 6.92 Å². The molecule has 2 rings (SSSR count). The number of ether oxygens (including phenoxy) is 3. The zero-order valence-corrected chi connectivity index (χ0v) is 16.8. The molecule has 0 saturated carbocycles. The molecule has 8 heteroatoms. The van der Waals surface area contributed by atoms with Gasteiger partial charge in [-0.2, -0.15) is 0 Å². The highest BCUT2D eigenvalue weighted by atomic mass is 16.7. The van der Waals surface area contributed by atoms with E-state index in [1.54, 1.807) is 24.3 Å². The lowest BCUT2D eigenvalue weighted by Crippen LogP contribution is -2.60. The SMILES string of the molecule is CCCC(C)CCC(=O)O[C@@H]1O[C@H](C(=O)OCc2ccccc2)[C@@H](O)[C@H](O)[C@H]1O. The zero-order valence-electron chi connectivity index (χ0n) is 16.8. The van der Waals surface area contributed by atoms with Gasteiger partial charge in [-0.15, -0.1) is 0 Å². The molecule has 0 aliphatic carbocycles. The van der Waals surface area contributed by atoms with Crippen molar-refractivity contribution in [3.8, 4) is 0 Å². The van der Waals surface area contributed by atoms with Crippen LogP contribution in [-0.4, -0.2) is 58.0 Å². The molecule has 6 atom stereocenters. The van der Waals surface area contributed by atoms with Gasteiger partial charge in [0.05, 0.1) is 0 Å². The molecule has 1 aliphatic rings. The minimum atomic E-state index is -1.73. The van der Waals surface area contributed by atoms with Gasteiger partial charge in [-0.1, -0.05) is 57.0 Å². The van der Waals surface area contributed by atoms with Crippen molar-refractivity contribution in [1.82, 2.24) is 0 Å². The van der Waals surface area contributed by atoms with Crippen molar-refractivity contribution in [3.05, 3.63) is 35.9 Å². The lowest BCUT2D eigenvalue weighted by Gasteiger charge is -2.38. The summed E-state index contributed by atoms with van der Waals surface area (Å²) in [5.41, 5.74) is 0.732. The molecular formula is C21H30O8. The van der Waals surface area contributed by atoms with E-state index >= 15 is 0 Å². The summed E-state index contributed by atoms with van der Waals surface area (Å²) in [5, 5.41) is 30.2. The Bertz CT molecular complexity index is 649. The van der Waals surface area contributed by atoms with Crippen LogP contribution in [-0.2, 0) is 30.4 Å². The number of esters is 2. The van der Waals surface area contributed by atoms with Gasteiger partial charge in [0.2, 0.25) is 6.29 Å². The van der Waals surface area contributed by atoms with Crippen molar-refractivity contribution in [2.75, 3.05) is 0 Å². The summed E-state index contributed by atoms with van der Waals surface area (Å²) in [7, 11) is 0. The summed E-state index contributed by atoms with van der Waals surface area (Å²) in [4.78, 5) is 24.4. The third kappa shape index (κ3) is 6.78. The van der Waals surface area contributed by atoms with Gasteiger partial charge in [0.25, 0.3) is 0 Å². The average molecular weight is 410 g/mol. The first-order valence-electron chi connectivity index (χ1n) is 9.93. The molecule has 1 aliphatic heterocycles. The summed E-state index contributed by atoms with van der Waals surface area (Å²) in [5.74, 6) is -1.19. The quantitative estimate of drug-likeness (QED) is 0.521. The van der Waals surface area contributed by atoms with E-state index in [0.29, 0.717) is 12.3 Å². The third-order valence-corrected chi connectivity index (χ3v) is 4.90. The van der Waals surface area contributed by atoms with Crippen LogP contribution in [0.2, 0.25) is 0 Å². The third-order valence-electron chi connectivity index (χ3n) is 4.90. The molecule has 1 fully saturated rings. The van der Waals surface area contributed by atoms with Gasteiger partial charge in [-0.3, -0.25) is 4.79 Å². The molecule has 8 nitrogen and oxygen atoms in total. The Morgan fingerprint density at radius 2 is 1.76 bits per heavy atom. The molecule has 162 valence electrons. The van der Waals surface area contributed by atoms with Crippen LogP contribution in [0.4, 0.5) is 0 Å². The number of carbonyl (C=O) groups is 2. The zero-order chi connectivity index (χ0) is 21.4. The molecule has 1 aromatic carbocycles. The number of carbonyl (C=O) groups excluding carboxylic acids is 2. The van der Waals surface area contributed by atoms with Crippen LogP contribution in [0.25, 0.3) is 0 Å². The van der Waals surface area contributed by atoms with Gasteiger partial charge in [-0.25, -0.2) is 4.79 Å². The Balaban J connectivity index is 1.92. The van der Waals surface area contributed by atoms with Crippen LogP contribution in [0.5, 0.6) is 0 Å². The normalized spacial score (nSPS) is 27.8. The van der Waals surface area contributed by atoms with E-state index in [1.807, 2.05) is 13.0 Å². The maximum absolute atomic E-state index is 12.3. The summed E-state index contributed by atoms with van der Waals surface area (Å²) in [6.07, 6.45) is -5.56. The second-order valence-corrected chi connectivity index (χ2v) is 7.41. The fourth-order valence-corrected chi connectivity index (χ4v) is 3.14. The van der Waals surface area contributed by atoms with Crippen molar-refractivity contribution in [2.24, 2.45) is 5.92 Å². The Morgan fingerprint density at radius 1 is 1.07 bits per heavy atom. The van der Waals surface area contributed by atoms with Gasteiger partial charge in [0, 0.05) is 6.42 Å². The highest BCUT2D eigenvalue weighted by Gasteiger charge is 2.49. The lowest BCUT2D eigenvalue weighted by atomic mass is 9.98. The number of hydrogen-bond acceptors (Lipinski definition) is 8. The van der Waals surface area contributed by atoms with Gasteiger partial charge in [0.15, 0.2) is 6.10 Å².